The molecule has 0 saturated heterocycles. The molecule has 0 spiro atoms. The molecule has 0 saturated carbocycles. The van der Waals surface area contributed by atoms with Gasteiger partial charge >= 0.3 is 0 Å². The molecule has 4 heteroatoms. The summed E-state index contributed by atoms with van der Waals surface area (Å²) >= 11 is 0. The molecule has 4 nitrogen and oxygen atoms in total. The normalized spacial score (nSPS) is 11.3. The van der Waals surface area contributed by atoms with Crippen LogP contribution in [0.25, 0.3) is 23.0 Å². The topological polar surface area (TPSA) is 46.4 Å². The summed E-state index contributed by atoms with van der Waals surface area (Å²) in [5.41, 5.74) is 7.85. The lowest BCUT2D eigenvalue weighted by atomic mass is 10.1. The molecule has 0 atom stereocenters. The van der Waals surface area contributed by atoms with E-state index in [2.05, 4.69) is 36.5 Å². The predicted octanol–water partition coefficient (Wildman–Crippen LogP) is 5.58. The van der Waals surface area contributed by atoms with Gasteiger partial charge in [-0.05, 0) is 62.2 Å². The van der Waals surface area contributed by atoms with Crippen LogP contribution in [-0.2, 0) is 4.79 Å². The van der Waals surface area contributed by atoms with Gasteiger partial charge in [-0.25, -0.2) is 4.98 Å². The Morgan fingerprint density at radius 2 is 1.69 bits per heavy atom. The molecule has 1 N–H and O–H groups in total. The van der Waals surface area contributed by atoms with Crippen molar-refractivity contribution >= 4 is 23.3 Å². The quantitative estimate of drug-likeness (QED) is 0.469. The van der Waals surface area contributed by atoms with Crippen molar-refractivity contribution in [1.82, 2.24) is 9.38 Å². The van der Waals surface area contributed by atoms with E-state index in [1.165, 1.54) is 5.56 Å². The number of benzene rings is 2. The summed E-state index contributed by atoms with van der Waals surface area (Å²) in [6.45, 7) is 6.11. The molecule has 0 aliphatic rings. The summed E-state index contributed by atoms with van der Waals surface area (Å²) in [5, 5.41) is 2.91. The second-order valence-corrected chi connectivity index (χ2v) is 7.34. The molecule has 0 aliphatic carbocycles. The summed E-state index contributed by atoms with van der Waals surface area (Å²) < 4.78 is 2.01. The first-order valence-corrected chi connectivity index (χ1v) is 9.61. The number of amides is 1. The molecule has 144 valence electrons. The van der Waals surface area contributed by atoms with Crippen LogP contribution in [0.3, 0.4) is 0 Å². The molecule has 2 heterocycles. The zero-order valence-electron chi connectivity index (χ0n) is 16.8. The molecule has 4 rings (SSSR count). The molecule has 0 aliphatic heterocycles. The van der Waals surface area contributed by atoms with Crippen LogP contribution in [0.15, 0.2) is 72.9 Å². The van der Waals surface area contributed by atoms with Gasteiger partial charge in [-0.2, -0.15) is 0 Å². The van der Waals surface area contributed by atoms with Crippen LogP contribution in [0.2, 0.25) is 0 Å². The molecular formula is C25H23N3O. The molecule has 0 unspecified atom stereocenters. The highest BCUT2D eigenvalue weighted by Gasteiger charge is 2.12. The number of nitrogens with one attached hydrogen (secondary N) is 1. The van der Waals surface area contributed by atoms with Gasteiger partial charge in [0.25, 0.3) is 0 Å². The van der Waals surface area contributed by atoms with Gasteiger partial charge in [0.1, 0.15) is 5.65 Å². The molecule has 0 radical (unpaired) electrons. The SMILES string of the molecule is Cc1ccc(-c2nc3cc(C)ccn3c2/C=C/C(=O)Nc2cccc(C)c2)cc1. The Morgan fingerprint density at radius 3 is 2.45 bits per heavy atom. The molecular weight excluding hydrogens is 358 g/mol. The van der Waals surface area contributed by atoms with Crippen molar-refractivity contribution in [3.05, 3.63) is 95.3 Å². The van der Waals surface area contributed by atoms with Gasteiger partial charge in [0, 0.05) is 23.5 Å². The number of carbonyl (C=O) groups is 1. The third kappa shape index (κ3) is 4.11. The first-order valence-electron chi connectivity index (χ1n) is 9.61. The molecule has 4 aromatic rings. The van der Waals surface area contributed by atoms with Gasteiger partial charge in [0.2, 0.25) is 5.91 Å². The minimum Gasteiger partial charge on any atom is -0.323 e. The Bertz CT molecular complexity index is 1220. The summed E-state index contributed by atoms with van der Waals surface area (Å²) in [7, 11) is 0. The predicted molar refractivity (Wildman–Crippen MR) is 119 cm³/mol. The van der Waals surface area contributed by atoms with Crippen molar-refractivity contribution < 1.29 is 4.79 Å². The Morgan fingerprint density at radius 1 is 0.931 bits per heavy atom. The Labute approximate surface area is 170 Å². The van der Waals surface area contributed by atoms with Crippen molar-refractivity contribution in [3.8, 4) is 11.3 Å². The third-order valence-electron chi connectivity index (χ3n) is 4.82. The van der Waals surface area contributed by atoms with Crippen LogP contribution in [0, 0.1) is 20.8 Å². The van der Waals surface area contributed by atoms with Gasteiger partial charge in [-0.1, -0.05) is 42.0 Å². The molecule has 29 heavy (non-hydrogen) atoms. The largest absolute Gasteiger partial charge is 0.323 e. The first-order chi connectivity index (χ1) is 14.0. The number of imidazole rings is 1. The van der Waals surface area contributed by atoms with Gasteiger partial charge in [-0.15, -0.1) is 0 Å². The van der Waals surface area contributed by atoms with Gasteiger partial charge in [0.05, 0.1) is 11.4 Å². The van der Waals surface area contributed by atoms with E-state index in [1.807, 2.05) is 66.9 Å². The van der Waals surface area contributed by atoms with Crippen LogP contribution < -0.4 is 5.32 Å². The highest BCUT2D eigenvalue weighted by molar-refractivity contribution is 6.02. The lowest BCUT2D eigenvalue weighted by Gasteiger charge is -2.04. The van der Waals surface area contributed by atoms with E-state index in [1.54, 1.807) is 6.08 Å². The lowest BCUT2D eigenvalue weighted by molar-refractivity contribution is -0.111. The first kappa shape index (κ1) is 18.7. The number of pyridine rings is 1. The fourth-order valence-corrected chi connectivity index (χ4v) is 3.31. The fourth-order valence-electron chi connectivity index (χ4n) is 3.31. The van der Waals surface area contributed by atoms with E-state index in [4.69, 9.17) is 4.98 Å². The second-order valence-electron chi connectivity index (χ2n) is 7.34. The standard InChI is InChI=1S/C25H23N3O/c1-17-7-9-20(10-8-17)25-22(28-14-13-19(3)16-23(28)27-25)11-12-24(29)26-21-6-4-5-18(2)15-21/h4-16H,1-3H3,(H,26,29)/b12-11+. The number of nitrogens with zero attached hydrogens (tertiary/aromatic N) is 2. The van der Waals surface area contributed by atoms with Crippen LogP contribution in [0.1, 0.15) is 22.4 Å². The van der Waals surface area contributed by atoms with Crippen LogP contribution in [0.5, 0.6) is 0 Å². The number of aromatic nitrogens is 2. The second kappa shape index (κ2) is 7.76. The third-order valence-corrected chi connectivity index (χ3v) is 4.82. The summed E-state index contributed by atoms with van der Waals surface area (Å²) in [6, 6.07) is 20.1. The van der Waals surface area contributed by atoms with E-state index >= 15 is 0 Å². The number of fused-ring (bicyclic) bond motifs is 1. The number of carbonyl (C=O) groups excluding carboxylic acids is 1. The van der Waals surface area contributed by atoms with Crippen molar-refractivity contribution in [2.45, 2.75) is 20.8 Å². The monoisotopic (exact) mass is 381 g/mol. The van der Waals surface area contributed by atoms with E-state index < -0.39 is 0 Å². The number of rotatable bonds is 4. The Balaban J connectivity index is 1.71. The molecule has 2 aromatic carbocycles. The Hall–Kier alpha value is -3.66. The van der Waals surface area contributed by atoms with Crippen molar-refractivity contribution in [3.63, 3.8) is 0 Å². The minimum absolute atomic E-state index is 0.174. The van der Waals surface area contributed by atoms with Crippen molar-refractivity contribution in [1.29, 1.82) is 0 Å². The molecule has 1 amide bonds. The minimum atomic E-state index is -0.174. The number of anilines is 1. The van der Waals surface area contributed by atoms with Gasteiger partial charge < -0.3 is 5.32 Å². The average molecular weight is 381 g/mol. The van der Waals surface area contributed by atoms with E-state index in [0.29, 0.717) is 0 Å². The number of aryl methyl sites for hydroxylation is 3. The summed E-state index contributed by atoms with van der Waals surface area (Å²) in [6.07, 6.45) is 5.38. The maximum Gasteiger partial charge on any atom is 0.248 e. The van der Waals surface area contributed by atoms with Crippen LogP contribution >= 0.6 is 0 Å². The summed E-state index contributed by atoms with van der Waals surface area (Å²) in [4.78, 5) is 17.3. The zero-order valence-corrected chi connectivity index (χ0v) is 16.8. The number of hydrogen-bond acceptors (Lipinski definition) is 2. The van der Waals surface area contributed by atoms with Crippen molar-refractivity contribution in [2.75, 3.05) is 5.32 Å². The molecule has 2 aromatic heterocycles. The molecule has 0 fully saturated rings. The van der Waals surface area contributed by atoms with Gasteiger partial charge in [-0.3, -0.25) is 9.20 Å². The van der Waals surface area contributed by atoms with Crippen LogP contribution in [0.4, 0.5) is 5.69 Å². The zero-order chi connectivity index (χ0) is 20.4. The maximum absolute atomic E-state index is 12.5. The van der Waals surface area contributed by atoms with E-state index in [0.717, 1.165) is 39.4 Å². The maximum atomic E-state index is 12.5. The number of hydrogen-bond donors (Lipinski definition) is 1. The van der Waals surface area contributed by atoms with Gasteiger partial charge in [0.15, 0.2) is 0 Å². The lowest BCUT2D eigenvalue weighted by Crippen LogP contribution is -2.07. The van der Waals surface area contributed by atoms with Crippen molar-refractivity contribution in [2.24, 2.45) is 0 Å². The van der Waals surface area contributed by atoms with Crippen LogP contribution in [-0.4, -0.2) is 15.3 Å². The summed E-state index contributed by atoms with van der Waals surface area (Å²) in [5.74, 6) is -0.174. The fraction of sp³-hybridized carbons (Fsp3) is 0.120. The average Bonchev–Trinajstić information content (AvgIpc) is 3.04. The highest BCUT2D eigenvalue weighted by Crippen LogP contribution is 2.26. The van der Waals surface area contributed by atoms with E-state index in [-0.39, 0.29) is 5.91 Å². The Kier molecular flexibility index (Phi) is 5.00. The highest BCUT2D eigenvalue weighted by atomic mass is 16.1. The van der Waals surface area contributed by atoms with E-state index in [9.17, 15) is 4.79 Å². The molecule has 0 bridgehead atoms. The smallest absolute Gasteiger partial charge is 0.248 e.